The normalized spacial score (nSPS) is 10.3. The second-order valence-corrected chi connectivity index (χ2v) is 7.24. The van der Waals surface area contributed by atoms with Gasteiger partial charge in [-0.25, -0.2) is 0 Å². The Balaban J connectivity index is 2.83. The van der Waals surface area contributed by atoms with Crippen LogP contribution in [-0.4, -0.2) is 20.8 Å². The van der Waals surface area contributed by atoms with E-state index < -0.39 is 0 Å². The zero-order valence-electron chi connectivity index (χ0n) is 7.04. The van der Waals surface area contributed by atoms with E-state index in [4.69, 9.17) is 5.73 Å². The smallest absolute Gasteiger partial charge is 0.0965 e. The summed E-state index contributed by atoms with van der Waals surface area (Å²) in [5.74, 6) is 0. The molecule has 0 bridgehead atoms. The Morgan fingerprint density at radius 3 is 2.09 bits per heavy atom. The third kappa shape index (κ3) is 2.18. The molecule has 2 nitrogen and oxygen atoms in total. The fraction of sp³-hybridized carbons (Fsp3) is 0.143. The van der Waals surface area contributed by atoms with E-state index in [-0.39, 0.29) is 0 Å². The number of anilines is 1. The van der Waals surface area contributed by atoms with E-state index >= 15 is 0 Å². The predicted octanol–water partition coefficient (Wildman–Crippen LogP) is -1.49. The van der Waals surface area contributed by atoms with Crippen LogP contribution in [0.25, 0.3) is 0 Å². The molecule has 0 atom stereocenters. The van der Waals surface area contributed by atoms with E-state index in [0.29, 0.717) is 6.54 Å². The van der Waals surface area contributed by atoms with Crippen LogP contribution in [0.3, 0.4) is 0 Å². The van der Waals surface area contributed by atoms with Crippen LogP contribution in [0.1, 0.15) is 5.56 Å². The maximum absolute atomic E-state index is 5.48. The van der Waals surface area contributed by atoms with Crippen LogP contribution < -0.4 is 9.96 Å². The van der Waals surface area contributed by atoms with Crippen molar-refractivity contribution in [2.75, 3.05) is 4.23 Å². The van der Waals surface area contributed by atoms with E-state index in [1.165, 1.54) is 11.3 Å². The molecule has 1 rings (SSSR count). The molecule has 0 amide bonds. The molecular weight excluding hydrogens is 168 g/mol. The number of hydrogen-bond acceptors (Lipinski definition) is 2. The van der Waals surface area contributed by atoms with Gasteiger partial charge in [0, 0.05) is 12.2 Å². The van der Waals surface area contributed by atoms with Crippen molar-refractivity contribution in [3.63, 3.8) is 0 Å². The summed E-state index contributed by atoms with van der Waals surface area (Å²) >= 11 is 0. The van der Waals surface area contributed by atoms with Crippen LogP contribution in [0, 0.1) is 0 Å². The van der Waals surface area contributed by atoms with Crippen LogP contribution in [0.5, 0.6) is 0 Å². The SMILES string of the molecule is NCc1ccc(N([SiH3])[SiH3])cc1. The number of rotatable bonds is 2. The molecule has 4 heteroatoms. The van der Waals surface area contributed by atoms with Crippen molar-refractivity contribution < 1.29 is 0 Å². The van der Waals surface area contributed by atoms with Crippen LogP contribution in [0.2, 0.25) is 0 Å². The number of nitrogens with zero attached hydrogens (tertiary/aromatic N) is 1. The quantitative estimate of drug-likeness (QED) is 0.565. The Bertz CT molecular complexity index is 220. The monoisotopic (exact) mass is 182 g/mol. The van der Waals surface area contributed by atoms with Crippen molar-refractivity contribution in [1.82, 2.24) is 0 Å². The average molecular weight is 182 g/mol. The molecule has 0 aromatic heterocycles. The van der Waals surface area contributed by atoms with Crippen molar-refractivity contribution in [3.05, 3.63) is 29.8 Å². The second-order valence-electron chi connectivity index (χ2n) is 2.76. The first-order chi connectivity index (χ1) is 5.24. The molecule has 0 aliphatic rings. The number of hydrogen-bond donors (Lipinski definition) is 1. The van der Waals surface area contributed by atoms with Gasteiger partial charge in [-0.2, -0.15) is 0 Å². The van der Waals surface area contributed by atoms with Gasteiger partial charge >= 0.3 is 0 Å². The van der Waals surface area contributed by atoms with E-state index in [0.717, 1.165) is 20.8 Å². The lowest BCUT2D eigenvalue weighted by atomic mass is 10.2. The van der Waals surface area contributed by atoms with Crippen molar-refractivity contribution in [2.45, 2.75) is 6.54 Å². The van der Waals surface area contributed by atoms with Gasteiger partial charge in [-0.15, -0.1) is 0 Å². The molecule has 1 aromatic carbocycles. The van der Waals surface area contributed by atoms with Gasteiger partial charge in [-0.05, 0) is 17.7 Å². The van der Waals surface area contributed by atoms with Crippen LogP contribution in [0.15, 0.2) is 24.3 Å². The lowest BCUT2D eigenvalue weighted by molar-refractivity contribution is 1.07. The van der Waals surface area contributed by atoms with Crippen LogP contribution in [-0.2, 0) is 6.54 Å². The van der Waals surface area contributed by atoms with Gasteiger partial charge < -0.3 is 9.96 Å². The molecule has 0 heterocycles. The van der Waals surface area contributed by atoms with Crippen molar-refractivity contribution in [1.29, 1.82) is 0 Å². The summed E-state index contributed by atoms with van der Waals surface area (Å²) in [6, 6.07) is 8.47. The third-order valence-electron chi connectivity index (χ3n) is 1.69. The maximum atomic E-state index is 5.48. The highest BCUT2D eigenvalue weighted by Gasteiger charge is 1.92. The minimum absolute atomic E-state index is 0.641. The van der Waals surface area contributed by atoms with Crippen molar-refractivity contribution >= 4 is 26.5 Å². The van der Waals surface area contributed by atoms with Gasteiger partial charge in [0.05, 0.1) is 20.8 Å². The molecule has 0 radical (unpaired) electrons. The Morgan fingerprint density at radius 2 is 1.73 bits per heavy atom. The van der Waals surface area contributed by atoms with E-state index in [1.54, 1.807) is 0 Å². The highest BCUT2D eigenvalue weighted by Crippen LogP contribution is 2.10. The lowest BCUT2D eigenvalue weighted by Crippen LogP contribution is -2.13. The summed E-state index contributed by atoms with van der Waals surface area (Å²) in [7, 11) is 2.24. The average Bonchev–Trinajstić information content (AvgIpc) is 2.05. The Labute approximate surface area is 73.4 Å². The predicted molar refractivity (Wildman–Crippen MR) is 56.7 cm³/mol. The van der Waals surface area contributed by atoms with Gasteiger partial charge in [0.15, 0.2) is 0 Å². The molecule has 11 heavy (non-hydrogen) atoms. The van der Waals surface area contributed by atoms with Crippen molar-refractivity contribution in [2.24, 2.45) is 5.73 Å². The zero-order chi connectivity index (χ0) is 8.27. The first-order valence-electron chi connectivity index (χ1n) is 3.70. The minimum atomic E-state index is 0.641. The summed E-state index contributed by atoms with van der Waals surface area (Å²) in [4.78, 5) is 0. The molecular formula is C7H14N2Si2. The van der Waals surface area contributed by atoms with E-state index in [9.17, 15) is 0 Å². The molecule has 0 saturated heterocycles. The molecule has 2 N–H and O–H groups in total. The first-order valence-corrected chi connectivity index (χ1v) is 5.49. The topological polar surface area (TPSA) is 29.3 Å². The Kier molecular flexibility index (Phi) is 2.87. The van der Waals surface area contributed by atoms with Crippen LogP contribution in [0.4, 0.5) is 5.69 Å². The van der Waals surface area contributed by atoms with Gasteiger partial charge in [-0.3, -0.25) is 0 Å². The molecule has 1 aromatic rings. The molecule has 0 aliphatic heterocycles. The summed E-state index contributed by atoms with van der Waals surface area (Å²) in [5, 5.41) is 0. The first kappa shape index (κ1) is 8.51. The highest BCUT2D eigenvalue weighted by molar-refractivity contribution is 6.41. The lowest BCUT2D eigenvalue weighted by Gasteiger charge is -2.13. The molecule has 0 saturated carbocycles. The third-order valence-corrected chi connectivity index (χ3v) is 2.72. The molecule has 60 valence electrons. The minimum Gasteiger partial charge on any atom is -0.439 e. The largest absolute Gasteiger partial charge is 0.439 e. The van der Waals surface area contributed by atoms with Gasteiger partial charge in [0.2, 0.25) is 0 Å². The zero-order valence-corrected chi connectivity index (χ0v) is 11.0. The van der Waals surface area contributed by atoms with E-state index in [2.05, 4.69) is 28.5 Å². The fourth-order valence-electron chi connectivity index (χ4n) is 0.930. The maximum Gasteiger partial charge on any atom is 0.0965 e. The summed E-state index contributed by atoms with van der Waals surface area (Å²) < 4.78 is 2.35. The molecule has 0 unspecified atom stereocenters. The summed E-state index contributed by atoms with van der Waals surface area (Å²) in [5.41, 5.74) is 8.02. The number of benzene rings is 1. The van der Waals surface area contributed by atoms with Gasteiger partial charge in [0.25, 0.3) is 0 Å². The molecule has 0 fully saturated rings. The number of nitrogens with two attached hydrogens (primary N) is 1. The second kappa shape index (κ2) is 3.70. The standard InChI is InChI=1S/C7H14N2Si2/c8-5-6-1-3-7(4-2-6)9(10)11/h1-4H,5,8H2,10-11H3. The van der Waals surface area contributed by atoms with Crippen LogP contribution >= 0.6 is 0 Å². The molecule has 0 spiro atoms. The summed E-state index contributed by atoms with van der Waals surface area (Å²) in [6.07, 6.45) is 0. The molecule has 0 aliphatic carbocycles. The fourth-order valence-corrected chi connectivity index (χ4v) is 1.53. The Hall–Kier alpha value is -0.586. The van der Waals surface area contributed by atoms with Crippen molar-refractivity contribution in [3.8, 4) is 0 Å². The highest BCUT2D eigenvalue weighted by atomic mass is 28.2. The Morgan fingerprint density at radius 1 is 1.18 bits per heavy atom. The van der Waals surface area contributed by atoms with Gasteiger partial charge in [-0.1, -0.05) is 12.1 Å². The van der Waals surface area contributed by atoms with Gasteiger partial charge in [0.1, 0.15) is 0 Å². The van der Waals surface area contributed by atoms with E-state index in [1.807, 2.05) is 0 Å². The summed E-state index contributed by atoms with van der Waals surface area (Å²) in [6.45, 7) is 0.641.